The number of halogens is 4. The fourth-order valence-electron chi connectivity index (χ4n) is 0.965. The Kier molecular flexibility index (Phi) is 2.74. The van der Waals surface area contributed by atoms with E-state index >= 15 is 0 Å². The molecule has 13 heavy (non-hydrogen) atoms. The van der Waals surface area contributed by atoms with Gasteiger partial charge in [0.15, 0.2) is 0 Å². The van der Waals surface area contributed by atoms with Crippen LogP contribution in [-0.4, -0.2) is 42.9 Å². The quantitative estimate of drug-likeness (QED) is 0.663. The van der Waals surface area contributed by atoms with Crippen molar-refractivity contribution < 1.29 is 22.4 Å². The van der Waals surface area contributed by atoms with Gasteiger partial charge in [0.05, 0.1) is 19.8 Å². The molecule has 7 heteroatoms. The Morgan fingerprint density at radius 3 is 2.54 bits per heavy atom. The van der Waals surface area contributed by atoms with Gasteiger partial charge in [-0.05, 0) is 0 Å². The molecule has 1 fully saturated rings. The summed E-state index contributed by atoms with van der Waals surface area (Å²) in [6, 6.07) is 0. The third-order valence-corrected chi connectivity index (χ3v) is 1.65. The summed E-state index contributed by atoms with van der Waals surface area (Å²) in [7, 11) is 0. The van der Waals surface area contributed by atoms with Crippen LogP contribution in [0.2, 0.25) is 0 Å². The molecule has 0 bridgehead atoms. The van der Waals surface area contributed by atoms with Gasteiger partial charge in [-0.2, -0.15) is 8.78 Å². The smallest absolute Gasteiger partial charge is 0.323 e. The predicted octanol–water partition coefficient (Wildman–Crippen LogP) is 0.276. The maximum Gasteiger partial charge on any atom is 0.324 e. The van der Waals surface area contributed by atoms with Crippen molar-refractivity contribution in [3.63, 3.8) is 0 Å². The van der Waals surface area contributed by atoms with Gasteiger partial charge in [-0.25, -0.2) is 8.78 Å². The lowest BCUT2D eigenvalue weighted by Gasteiger charge is -2.21. The van der Waals surface area contributed by atoms with E-state index in [1.807, 2.05) is 0 Å². The molecule has 1 amide bonds. The molecule has 1 aliphatic heterocycles. The number of carbonyl (C=O) groups excluding carboxylic acids is 1. The number of nitrogens with zero attached hydrogens (tertiary/aromatic N) is 1. The minimum absolute atomic E-state index is 0.0701. The van der Waals surface area contributed by atoms with Crippen LogP contribution in [0.4, 0.5) is 17.6 Å². The van der Waals surface area contributed by atoms with Crippen LogP contribution in [-0.2, 0) is 4.79 Å². The fourth-order valence-corrected chi connectivity index (χ4v) is 0.965. The minimum Gasteiger partial charge on any atom is -0.323 e. The van der Waals surface area contributed by atoms with Crippen LogP contribution in [0.5, 0.6) is 0 Å². The molecule has 1 aliphatic rings. The summed E-state index contributed by atoms with van der Waals surface area (Å²) in [4.78, 5) is 11.4. The van der Waals surface area contributed by atoms with E-state index in [0.29, 0.717) is 4.90 Å². The summed E-state index contributed by atoms with van der Waals surface area (Å²) in [5.74, 6) is -4.71. The highest BCUT2D eigenvalue weighted by molar-refractivity contribution is 5.80. The SMILES string of the molecule is O=C1CNCN1CC(F)(F)C(F)F. The van der Waals surface area contributed by atoms with E-state index in [9.17, 15) is 22.4 Å². The van der Waals surface area contributed by atoms with Crippen molar-refractivity contribution in [1.29, 1.82) is 0 Å². The molecule has 0 aromatic heterocycles. The van der Waals surface area contributed by atoms with E-state index in [4.69, 9.17) is 0 Å². The molecule has 76 valence electrons. The van der Waals surface area contributed by atoms with Crippen molar-refractivity contribution in [2.24, 2.45) is 0 Å². The highest BCUT2D eigenvalue weighted by Crippen LogP contribution is 2.24. The average Bonchev–Trinajstić information content (AvgIpc) is 2.35. The van der Waals surface area contributed by atoms with Gasteiger partial charge in [-0.3, -0.25) is 10.1 Å². The number of rotatable bonds is 3. The summed E-state index contributed by atoms with van der Waals surface area (Å²) in [5.41, 5.74) is 0. The third kappa shape index (κ3) is 2.30. The lowest BCUT2D eigenvalue weighted by Crippen LogP contribution is -2.42. The van der Waals surface area contributed by atoms with Gasteiger partial charge in [-0.1, -0.05) is 0 Å². The Labute approximate surface area is 71.7 Å². The van der Waals surface area contributed by atoms with Gasteiger partial charge in [-0.15, -0.1) is 0 Å². The van der Waals surface area contributed by atoms with Crippen molar-refractivity contribution in [2.45, 2.75) is 12.3 Å². The van der Waals surface area contributed by atoms with E-state index in [-0.39, 0.29) is 13.2 Å². The second-order valence-corrected chi connectivity index (χ2v) is 2.74. The Hall–Kier alpha value is -0.850. The summed E-state index contributed by atoms with van der Waals surface area (Å²) in [5, 5.41) is 2.48. The molecule has 1 saturated heterocycles. The molecule has 0 atom stereocenters. The zero-order chi connectivity index (χ0) is 10.1. The maximum atomic E-state index is 12.4. The normalized spacial score (nSPS) is 18.8. The lowest BCUT2D eigenvalue weighted by atomic mass is 10.3. The topological polar surface area (TPSA) is 32.3 Å². The zero-order valence-electron chi connectivity index (χ0n) is 6.57. The Balaban J connectivity index is 2.52. The van der Waals surface area contributed by atoms with Gasteiger partial charge in [0.1, 0.15) is 0 Å². The molecule has 0 aromatic carbocycles. The Morgan fingerprint density at radius 1 is 1.54 bits per heavy atom. The van der Waals surface area contributed by atoms with Crippen LogP contribution in [0, 0.1) is 0 Å². The van der Waals surface area contributed by atoms with Gasteiger partial charge in [0.25, 0.3) is 0 Å². The van der Waals surface area contributed by atoms with Gasteiger partial charge >= 0.3 is 12.3 Å². The molecule has 0 spiro atoms. The summed E-state index contributed by atoms with van der Waals surface area (Å²) < 4.78 is 48.2. The first-order chi connectivity index (χ1) is 5.93. The molecular formula is C6H8F4N2O. The van der Waals surface area contributed by atoms with Crippen molar-refractivity contribution in [2.75, 3.05) is 19.8 Å². The minimum atomic E-state index is -4.12. The fraction of sp³-hybridized carbons (Fsp3) is 0.833. The van der Waals surface area contributed by atoms with E-state index in [2.05, 4.69) is 5.32 Å². The summed E-state index contributed by atoms with van der Waals surface area (Å²) >= 11 is 0. The first-order valence-corrected chi connectivity index (χ1v) is 3.58. The van der Waals surface area contributed by atoms with Gasteiger partial charge in [0, 0.05) is 0 Å². The number of amides is 1. The van der Waals surface area contributed by atoms with E-state index in [1.54, 1.807) is 0 Å². The first kappa shape index (κ1) is 10.2. The number of hydrogen-bond donors (Lipinski definition) is 1. The van der Waals surface area contributed by atoms with Gasteiger partial charge in [0.2, 0.25) is 5.91 Å². The molecule has 0 saturated carbocycles. The number of carbonyl (C=O) groups is 1. The van der Waals surface area contributed by atoms with E-state index in [1.165, 1.54) is 0 Å². The Bertz CT molecular complexity index is 209. The van der Waals surface area contributed by atoms with E-state index in [0.717, 1.165) is 0 Å². The maximum absolute atomic E-state index is 12.4. The Morgan fingerprint density at radius 2 is 2.15 bits per heavy atom. The highest BCUT2D eigenvalue weighted by Gasteiger charge is 2.44. The standard InChI is InChI=1S/C6H8F4N2O/c7-5(8)6(9,10)2-12-3-11-1-4(12)13/h5,11H,1-3H2. The molecule has 0 unspecified atom stereocenters. The largest absolute Gasteiger partial charge is 0.324 e. The zero-order valence-corrected chi connectivity index (χ0v) is 6.57. The molecule has 1 heterocycles. The molecule has 1 N–H and O–H groups in total. The molecule has 0 aliphatic carbocycles. The van der Waals surface area contributed by atoms with E-state index < -0.39 is 24.8 Å². The van der Waals surface area contributed by atoms with Crippen LogP contribution >= 0.6 is 0 Å². The predicted molar refractivity (Wildman–Crippen MR) is 35.5 cm³/mol. The van der Waals surface area contributed by atoms with Crippen molar-refractivity contribution >= 4 is 5.91 Å². The van der Waals surface area contributed by atoms with Crippen molar-refractivity contribution in [3.05, 3.63) is 0 Å². The van der Waals surface area contributed by atoms with Crippen LogP contribution in [0.15, 0.2) is 0 Å². The van der Waals surface area contributed by atoms with Crippen LogP contribution in [0.25, 0.3) is 0 Å². The van der Waals surface area contributed by atoms with Crippen molar-refractivity contribution in [3.8, 4) is 0 Å². The van der Waals surface area contributed by atoms with Crippen LogP contribution in [0.1, 0.15) is 0 Å². The molecule has 0 radical (unpaired) electrons. The molecular weight excluding hydrogens is 192 g/mol. The lowest BCUT2D eigenvalue weighted by molar-refractivity contribution is -0.152. The monoisotopic (exact) mass is 200 g/mol. The van der Waals surface area contributed by atoms with Gasteiger partial charge < -0.3 is 4.90 Å². The molecule has 0 aromatic rings. The number of nitrogens with one attached hydrogen (secondary N) is 1. The summed E-state index contributed by atoms with van der Waals surface area (Å²) in [6.07, 6.45) is -3.74. The molecule has 3 nitrogen and oxygen atoms in total. The number of hydrogen-bond acceptors (Lipinski definition) is 2. The van der Waals surface area contributed by atoms with Crippen molar-refractivity contribution in [1.82, 2.24) is 10.2 Å². The van der Waals surface area contributed by atoms with Crippen LogP contribution in [0.3, 0.4) is 0 Å². The highest BCUT2D eigenvalue weighted by atomic mass is 19.3. The summed E-state index contributed by atoms with van der Waals surface area (Å²) in [6.45, 7) is -1.39. The second-order valence-electron chi connectivity index (χ2n) is 2.74. The average molecular weight is 200 g/mol. The third-order valence-electron chi connectivity index (χ3n) is 1.65. The first-order valence-electron chi connectivity index (χ1n) is 3.58. The molecule has 1 rings (SSSR count). The van der Waals surface area contributed by atoms with Crippen LogP contribution < -0.4 is 5.32 Å². The number of alkyl halides is 4. The second kappa shape index (κ2) is 3.49.